The third-order valence-electron chi connectivity index (χ3n) is 5.17. The first-order valence-electron chi connectivity index (χ1n) is 6.75. The van der Waals surface area contributed by atoms with Gasteiger partial charge in [-0.05, 0) is 29.6 Å². The number of carbonyl (C=O) groups is 1. The van der Waals surface area contributed by atoms with Crippen molar-refractivity contribution >= 4 is 5.78 Å². The van der Waals surface area contributed by atoms with Crippen molar-refractivity contribution in [3.63, 3.8) is 0 Å². The highest BCUT2D eigenvalue weighted by molar-refractivity contribution is 5.93. The van der Waals surface area contributed by atoms with Crippen molar-refractivity contribution in [3.8, 4) is 0 Å². The summed E-state index contributed by atoms with van der Waals surface area (Å²) in [6.45, 7) is 13.7. The van der Waals surface area contributed by atoms with Gasteiger partial charge in [-0.2, -0.15) is 0 Å². The van der Waals surface area contributed by atoms with Crippen LogP contribution < -0.4 is 0 Å². The van der Waals surface area contributed by atoms with Crippen LogP contribution in [0.5, 0.6) is 0 Å². The van der Waals surface area contributed by atoms with Gasteiger partial charge in [0.05, 0.1) is 6.61 Å². The zero-order chi connectivity index (χ0) is 13.1. The van der Waals surface area contributed by atoms with Crippen LogP contribution >= 0.6 is 0 Å². The summed E-state index contributed by atoms with van der Waals surface area (Å²) in [7, 11) is 0. The van der Waals surface area contributed by atoms with E-state index in [9.17, 15) is 4.79 Å². The van der Waals surface area contributed by atoms with Gasteiger partial charge < -0.3 is 4.74 Å². The molecule has 98 valence electrons. The van der Waals surface area contributed by atoms with Gasteiger partial charge in [-0.25, -0.2) is 0 Å². The van der Waals surface area contributed by atoms with E-state index in [-0.39, 0.29) is 22.3 Å². The number of Topliss-reactive ketones (excluding diaryl/α,β-unsaturated/α-hetero) is 1. The van der Waals surface area contributed by atoms with E-state index in [1.807, 2.05) is 0 Å². The largest absolute Gasteiger partial charge is 0.370 e. The molecule has 17 heavy (non-hydrogen) atoms. The Morgan fingerprint density at radius 2 is 1.88 bits per heavy atom. The van der Waals surface area contributed by atoms with E-state index in [4.69, 9.17) is 4.74 Å². The van der Waals surface area contributed by atoms with Crippen LogP contribution in [0.15, 0.2) is 0 Å². The van der Waals surface area contributed by atoms with Crippen molar-refractivity contribution in [2.45, 2.75) is 60.5 Å². The molecule has 0 unspecified atom stereocenters. The third-order valence-corrected chi connectivity index (χ3v) is 5.17. The maximum absolute atomic E-state index is 12.5. The van der Waals surface area contributed by atoms with Gasteiger partial charge in [0.2, 0.25) is 0 Å². The summed E-state index contributed by atoms with van der Waals surface area (Å²) in [5, 5.41) is 0. The van der Waals surface area contributed by atoms with Crippen LogP contribution in [0.3, 0.4) is 0 Å². The fraction of sp³-hybridized carbons (Fsp3) is 0.933. The smallest absolute Gasteiger partial charge is 0.168 e. The van der Waals surface area contributed by atoms with Gasteiger partial charge in [-0.15, -0.1) is 0 Å². The molecule has 2 saturated carbocycles. The zero-order valence-corrected chi connectivity index (χ0v) is 12.1. The van der Waals surface area contributed by atoms with Crippen LogP contribution in [0.2, 0.25) is 0 Å². The number of hydrogen-bond acceptors (Lipinski definition) is 2. The maximum atomic E-state index is 12.5. The van der Waals surface area contributed by atoms with Gasteiger partial charge in [0, 0.05) is 5.41 Å². The van der Waals surface area contributed by atoms with E-state index in [2.05, 4.69) is 41.5 Å². The van der Waals surface area contributed by atoms with Crippen LogP contribution in [0.25, 0.3) is 0 Å². The van der Waals surface area contributed by atoms with Crippen LogP contribution in [-0.2, 0) is 9.53 Å². The van der Waals surface area contributed by atoms with Gasteiger partial charge in [-0.1, -0.05) is 41.5 Å². The fourth-order valence-corrected chi connectivity index (χ4v) is 3.54. The Kier molecular flexibility index (Phi) is 2.74. The van der Waals surface area contributed by atoms with Crippen LogP contribution in [0, 0.1) is 22.2 Å². The molecule has 0 spiro atoms. The summed E-state index contributed by atoms with van der Waals surface area (Å²) in [6.07, 6.45) is 2.03. The Morgan fingerprint density at radius 1 is 1.29 bits per heavy atom. The number of fused-ring (bicyclic) bond motifs is 2. The summed E-state index contributed by atoms with van der Waals surface area (Å²) in [4.78, 5) is 12.5. The molecule has 2 aliphatic carbocycles. The van der Waals surface area contributed by atoms with Crippen molar-refractivity contribution in [1.29, 1.82) is 0 Å². The second-order valence-corrected chi connectivity index (χ2v) is 7.86. The SMILES string of the molecule is CC(C)(C)CO[C@@H]1C(=O)[C@]2(C)CC[C@H]1C2(C)C. The lowest BCUT2D eigenvalue weighted by Gasteiger charge is -2.31. The molecule has 3 atom stereocenters. The molecule has 2 fully saturated rings. The molecule has 0 amide bonds. The predicted molar refractivity (Wildman–Crippen MR) is 68.8 cm³/mol. The monoisotopic (exact) mass is 238 g/mol. The zero-order valence-electron chi connectivity index (χ0n) is 12.1. The van der Waals surface area contributed by atoms with Crippen molar-refractivity contribution in [3.05, 3.63) is 0 Å². The predicted octanol–water partition coefficient (Wildman–Crippen LogP) is 3.44. The lowest BCUT2D eigenvalue weighted by Crippen LogP contribution is -2.37. The first kappa shape index (κ1) is 13.1. The number of hydrogen-bond donors (Lipinski definition) is 0. The summed E-state index contributed by atoms with van der Waals surface area (Å²) < 4.78 is 5.96. The molecule has 2 bridgehead atoms. The van der Waals surface area contributed by atoms with Crippen molar-refractivity contribution < 1.29 is 9.53 Å². The van der Waals surface area contributed by atoms with E-state index >= 15 is 0 Å². The quantitative estimate of drug-likeness (QED) is 0.736. The average Bonchev–Trinajstić information content (AvgIpc) is 2.46. The molecular weight excluding hydrogens is 212 g/mol. The molecule has 2 heteroatoms. The van der Waals surface area contributed by atoms with Gasteiger partial charge in [-0.3, -0.25) is 4.79 Å². The van der Waals surface area contributed by atoms with Crippen LogP contribution in [-0.4, -0.2) is 18.5 Å². The van der Waals surface area contributed by atoms with Crippen molar-refractivity contribution in [2.24, 2.45) is 22.2 Å². The van der Waals surface area contributed by atoms with E-state index < -0.39 is 0 Å². The lowest BCUT2D eigenvalue weighted by atomic mass is 9.70. The fourth-order valence-electron chi connectivity index (χ4n) is 3.54. The number of ether oxygens (including phenoxy) is 1. The highest BCUT2D eigenvalue weighted by Crippen LogP contribution is 2.64. The third kappa shape index (κ3) is 1.76. The van der Waals surface area contributed by atoms with Crippen LogP contribution in [0.4, 0.5) is 0 Å². The minimum absolute atomic E-state index is 0.104. The standard InChI is InChI=1S/C15H26O2/c1-13(2,3)9-17-11-10-7-8-15(6,12(11)16)14(10,4)5/h10-11H,7-9H2,1-6H3/t10-,11+,15+/m1/s1. The van der Waals surface area contributed by atoms with E-state index in [1.165, 1.54) is 0 Å². The molecule has 0 aromatic rings. The van der Waals surface area contributed by atoms with E-state index in [0.717, 1.165) is 12.8 Å². The first-order valence-corrected chi connectivity index (χ1v) is 6.75. The summed E-state index contributed by atoms with van der Waals surface area (Å²) in [5.41, 5.74) is 0.0833. The summed E-state index contributed by atoms with van der Waals surface area (Å²) >= 11 is 0. The van der Waals surface area contributed by atoms with Crippen LogP contribution in [0.1, 0.15) is 54.4 Å². The molecule has 0 heterocycles. The first-order chi connectivity index (χ1) is 7.59. The normalized spacial score (nSPS) is 40.0. The Hall–Kier alpha value is -0.370. The average molecular weight is 238 g/mol. The lowest BCUT2D eigenvalue weighted by molar-refractivity contribution is -0.140. The molecule has 0 aromatic heterocycles. The maximum Gasteiger partial charge on any atom is 0.168 e. The Labute approximate surface area is 105 Å². The molecule has 0 aromatic carbocycles. The summed E-state index contributed by atoms with van der Waals surface area (Å²) in [5.74, 6) is 0.769. The van der Waals surface area contributed by atoms with Gasteiger partial charge in [0.1, 0.15) is 6.10 Å². The molecule has 0 radical (unpaired) electrons. The molecule has 0 aliphatic heterocycles. The van der Waals surface area contributed by atoms with Gasteiger partial charge in [0.15, 0.2) is 5.78 Å². The number of rotatable bonds is 2. The number of carbonyl (C=O) groups excluding carboxylic acids is 1. The Balaban J connectivity index is 2.15. The highest BCUT2D eigenvalue weighted by atomic mass is 16.5. The molecule has 0 N–H and O–H groups in total. The Morgan fingerprint density at radius 3 is 2.29 bits per heavy atom. The second kappa shape index (κ2) is 3.57. The van der Waals surface area contributed by atoms with E-state index in [0.29, 0.717) is 18.3 Å². The molecule has 0 saturated heterocycles. The minimum atomic E-state index is -0.153. The van der Waals surface area contributed by atoms with Crippen molar-refractivity contribution in [2.75, 3.05) is 6.61 Å². The minimum Gasteiger partial charge on any atom is -0.370 e. The highest BCUT2D eigenvalue weighted by Gasteiger charge is 2.66. The number of ketones is 1. The topological polar surface area (TPSA) is 26.3 Å². The van der Waals surface area contributed by atoms with Gasteiger partial charge >= 0.3 is 0 Å². The van der Waals surface area contributed by atoms with Gasteiger partial charge in [0.25, 0.3) is 0 Å². The van der Waals surface area contributed by atoms with E-state index in [1.54, 1.807) is 0 Å². The molecule has 2 nitrogen and oxygen atoms in total. The Bertz CT molecular complexity index is 337. The molecule has 2 rings (SSSR count). The summed E-state index contributed by atoms with van der Waals surface area (Å²) in [6, 6.07) is 0. The second-order valence-electron chi connectivity index (χ2n) is 7.86. The van der Waals surface area contributed by atoms with Crippen molar-refractivity contribution in [1.82, 2.24) is 0 Å². The molecule has 2 aliphatic rings. The molecular formula is C15H26O2.